The Morgan fingerprint density at radius 1 is 1.21 bits per heavy atom. The number of fused-ring (bicyclic) bond motifs is 1. The number of carbonyl (C=O) groups excluding carboxylic acids is 1. The van der Waals surface area contributed by atoms with E-state index >= 15 is 0 Å². The van der Waals surface area contributed by atoms with Gasteiger partial charge in [0.15, 0.2) is 5.16 Å². The van der Waals surface area contributed by atoms with Crippen LogP contribution in [0.25, 0.3) is 16.8 Å². The molecule has 0 aliphatic carbocycles. The van der Waals surface area contributed by atoms with Crippen molar-refractivity contribution < 1.29 is 9.21 Å². The first kappa shape index (κ1) is 19.3. The molecule has 3 heterocycles. The minimum atomic E-state index is -0.183. The first-order chi connectivity index (χ1) is 14.0. The number of thioether (sulfide) groups is 1. The van der Waals surface area contributed by atoms with Crippen LogP contribution in [0.5, 0.6) is 0 Å². The van der Waals surface area contributed by atoms with Crippen LogP contribution in [-0.4, -0.2) is 26.3 Å². The highest BCUT2D eigenvalue weighted by molar-refractivity contribution is 7.99. The standard InChI is InChI=1S/C22H22N4O2S/c1-14-12-15(2)25-26-21(14)20(17-8-5-4-6-9-17)24-22(26)29-13-19(27)23-16(3)18-10-7-11-28-18/h4-12,16H,13H2,1-3H3,(H,23,27)/t16-/m0/s1. The summed E-state index contributed by atoms with van der Waals surface area (Å²) in [6, 6.07) is 15.6. The molecule has 7 heteroatoms. The van der Waals surface area contributed by atoms with E-state index in [0.29, 0.717) is 5.16 Å². The number of rotatable bonds is 6. The zero-order valence-electron chi connectivity index (χ0n) is 16.5. The van der Waals surface area contributed by atoms with E-state index in [4.69, 9.17) is 9.40 Å². The van der Waals surface area contributed by atoms with Gasteiger partial charge in [0, 0.05) is 5.56 Å². The lowest BCUT2D eigenvalue weighted by Crippen LogP contribution is -2.28. The maximum atomic E-state index is 12.4. The molecule has 0 saturated carbocycles. The summed E-state index contributed by atoms with van der Waals surface area (Å²) in [5.74, 6) is 0.891. The molecule has 1 N–H and O–H groups in total. The highest BCUT2D eigenvalue weighted by Crippen LogP contribution is 2.30. The molecular weight excluding hydrogens is 384 g/mol. The maximum absolute atomic E-state index is 12.4. The summed E-state index contributed by atoms with van der Waals surface area (Å²) in [4.78, 5) is 17.3. The third-order valence-electron chi connectivity index (χ3n) is 4.61. The third kappa shape index (κ3) is 4.05. The summed E-state index contributed by atoms with van der Waals surface area (Å²) in [5, 5.41) is 8.30. The fourth-order valence-corrected chi connectivity index (χ4v) is 4.07. The van der Waals surface area contributed by atoms with Crippen LogP contribution in [0.1, 0.15) is 30.0 Å². The van der Waals surface area contributed by atoms with Gasteiger partial charge < -0.3 is 9.73 Å². The lowest BCUT2D eigenvalue weighted by atomic mass is 10.1. The van der Waals surface area contributed by atoms with E-state index < -0.39 is 0 Å². The molecule has 3 aromatic heterocycles. The number of hydrogen-bond donors (Lipinski definition) is 1. The summed E-state index contributed by atoms with van der Waals surface area (Å²) >= 11 is 1.38. The molecule has 0 fully saturated rings. The molecule has 6 nitrogen and oxygen atoms in total. The molecule has 0 radical (unpaired) electrons. The summed E-state index contributed by atoms with van der Waals surface area (Å²) < 4.78 is 7.20. The highest BCUT2D eigenvalue weighted by Gasteiger charge is 2.18. The van der Waals surface area contributed by atoms with Crippen LogP contribution in [0.4, 0.5) is 0 Å². The molecule has 0 aliphatic rings. The molecule has 1 amide bonds. The largest absolute Gasteiger partial charge is 0.467 e. The predicted molar refractivity (Wildman–Crippen MR) is 114 cm³/mol. The Hall–Kier alpha value is -3.06. The van der Waals surface area contributed by atoms with Crippen molar-refractivity contribution in [1.82, 2.24) is 19.9 Å². The van der Waals surface area contributed by atoms with Crippen molar-refractivity contribution in [3.05, 3.63) is 71.8 Å². The van der Waals surface area contributed by atoms with Gasteiger partial charge in [-0.1, -0.05) is 42.1 Å². The number of nitrogens with zero attached hydrogens (tertiary/aromatic N) is 3. The second-order valence-electron chi connectivity index (χ2n) is 6.93. The van der Waals surface area contributed by atoms with Crippen LogP contribution in [0.3, 0.4) is 0 Å². The zero-order valence-corrected chi connectivity index (χ0v) is 17.4. The molecule has 148 valence electrons. The quantitative estimate of drug-likeness (QED) is 0.475. The van der Waals surface area contributed by atoms with E-state index in [0.717, 1.165) is 33.8 Å². The maximum Gasteiger partial charge on any atom is 0.231 e. The number of aromatic nitrogens is 3. The highest BCUT2D eigenvalue weighted by atomic mass is 32.2. The Bertz CT molecular complexity index is 1140. The number of carbonyl (C=O) groups is 1. The molecule has 1 atom stereocenters. The van der Waals surface area contributed by atoms with E-state index in [1.165, 1.54) is 11.8 Å². The lowest BCUT2D eigenvalue weighted by Gasteiger charge is -2.10. The average molecular weight is 407 g/mol. The van der Waals surface area contributed by atoms with Gasteiger partial charge in [0.05, 0.1) is 35.0 Å². The average Bonchev–Trinajstić information content (AvgIpc) is 3.35. The molecule has 0 aliphatic heterocycles. The Labute approximate surface area is 173 Å². The zero-order chi connectivity index (χ0) is 20.4. The van der Waals surface area contributed by atoms with Crippen LogP contribution >= 0.6 is 11.8 Å². The molecule has 4 aromatic rings. The van der Waals surface area contributed by atoms with Crippen LogP contribution in [-0.2, 0) is 4.79 Å². The van der Waals surface area contributed by atoms with Crippen molar-refractivity contribution in [2.75, 3.05) is 5.75 Å². The van der Waals surface area contributed by atoms with E-state index in [2.05, 4.69) is 23.4 Å². The van der Waals surface area contributed by atoms with Crippen molar-refractivity contribution in [2.24, 2.45) is 0 Å². The summed E-state index contributed by atoms with van der Waals surface area (Å²) in [6.07, 6.45) is 1.60. The molecule has 0 spiro atoms. The van der Waals surface area contributed by atoms with Gasteiger partial charge in [0.1, 0.15) is 5.76 Å². The molecule has 1 aromatic carbocycles. The fraction of sp³-hybridized carbons (Fsp3) is 0.227. The Morgan fingerprint density at radius 2 is 2.00 bits per heavy atom. The monoisotopic (exact) mass is 406 g/mol. The van der Waals surface area contributed by atoms with Crippen LogP contribution in [0, 0.1) is 13.8 Å². The Morgan fingerprint density at radius 3 is 2.72 bits per heavy atom. The summed E-state index contributed by atoms with van der Waals surface area (Å²) in [7, 11) is 0. The number of nitrogens with one attached hydrogen (secondary N) is 1. The van der Waals surface area contributed by atoms with Crippen molar-refractivity contribution in [3.8, 4) is 11.3 Å². The minimum Gasteiger partial charge on any atom is -0.467 e. The van der Waals surface area contributed by atoms with E-state index in [9.17, 15) is 4.79 Å². The van der Waals surface area contributed by atoms with Gasteiger partial charge >= 0.3 is 0 Å². The Balaban J connectivity index is 1.60. The Kier molecular flexibility index (Phi) is 5.40. The first-order valence-electron chi connectivity index (χ1n) is 9.41. The van der Waals surface area contributed by atoms with Gasteiger partial charge in [-0.3, -0.25) is 4.79 Å². The molecule has 29 heavy (non-hydrogen) atoms. The first-order valence-corrected chi connectivity index (χ1v) is 10.4. The van der Waals surface area contributed by atoms with Gasteiger partial charge in [-0.15, -0.1) is 0 Å². The van der Waals surface area contributed by atoms with Crippen molar-refractivity contribution in [1.29, 1.82) is 0 Å². The second-order valence-corrected chi connectivity index (χ2v) is 7.87. The topological polar surface area (TPSA) is 72.4 Å². The number of imidazole rings is 1. The molecule has 0 saturated heterocycles. The summed E-state index contributed by atoms with van der Waals surface area (Å²) in [6.45, 7) is 5.92. The molecule has 0 unspecified atom stereocenters. The molecule has 0 bridgehead atoms. The number of amides is 1. The van der Waals surface area contributed by atoms with Crippen LogP contribution < -0.4 is 5.32 Å². The van der Waals surface area contributed by atoms with Crippen molar-refractivity contribution in [3.63, 3.8) is 0 Å². The number of benzene rings is 1. The number of hydrogen-bond acceptors (Lipinski definition) is 5. The summed E-state index contributed by atoms with van der Waals surface area (Å²) in [5.41, 5.74) is 4.88. The van der Waals surface area contributed by atoms with E-state index in [-0.39, 0.29) is 17.7 Å². The lowest BCUT2D eigenvalue weighted by molar-refractivity contribution is -0.119. The van der Waals surface area contributed by atoms with E-state index in [1.54, 1.807) is 6.26 Å². The SMILES string of the molecule is Cc1cc(C)c2c(-c3ccccc3)nc(SCC(=O)N[C@@H](C)c3ccco3)n2n1. The van der Waals surface area contributed by atoms with Crippen LogP contribution in [0.15, 0.2) is 64.4 Å². The molecule has 4 rings (SSSR count). The fourth-order valence-electron chi connectivity index (χ4n) is 3.32. The van der Waals surface area contributed by atoms with Crippen molar-refractivity contribution >= 4 is 23.2 Å². The normalized spacial score (nSPS) is 12.2. The van der Waals surface area contributed by atoms with Gasteiger partial charge in [0.25, 0.3) is 0 Å². The number of furan rings is 1. The van der Waals surface area contributed by atoms with E-state index in [1.807, 2.05) is 60.8 Å². The van der Waals surface area contributed by atoms with Crippen LogP contribution in [0.2, 0.25) is 0 Å². The van der Waals surface area contributed by atoms with Crippen molar-refractivity contribution in [2.45, 2.75) is 32.0 Å². The van der Waals surface area contributed by atoms with Gasteiger partial charge in [-0.25, -0.2) is 9.50 Å². The molecular formula is C22H22N4O2S. The number of aryl methyl sites for hydroxylation is 2. The minimum absolute atomic E-state index is 0.0821. The second kappa shape index (κ2) is 8.13. The van der Waals surface area contributed by atoms with Gasteiger partial charge in [-0.05, 0) is 44.5 Å². The van der Waals surface area contributed by atoms with Gasteiger partial charge in [-0.2, -0.15) is 5.10 Å². The third-order valence-corrected chi connectivity index (χ3v) is 5.54. The predicted octanol–water partition coefficient (Wildman–Crippen LogP) is 4.58. The van der Waals surface area contributed by atoms with Gasteiger partial charge in [0.2, 0.25) is 5.91 Å². The smallest absolute Gasteiger partial charge is 0.231 e.